The number of hydrogen-bond donors (Lipinski definition) is 1. The highest BCUT2D eigenvalue weighted by Crippen LogP contribution is 2.16. The Balaban J connectivity index is 2.34. The molecule has 1 N–H and O–H groups in total. The molecule has 1 aliphatic heterocycles. The standard InChI is InChI=1S/C8H13NO2/c1-6(2)9-4-7(5-9)3-8(10)11/h3,6H,4-5H2,1-2H3,(H,10,11). The van der Waals surface area contributed by atoms with Crippen LogP contribution in [0.3, 0.4) is 0 Å². The number of likely N-dealkylation sites (tertiary alicyclic amines) is 1. The Morgan fingerprint density at radius 1 is 1.64 bits per heavy atom. The molecule has 1 saturated heterocycles. The topological polar surface area (TPSA) is 40.5 Å². The molecule has 3 nitrogen and oxygen atoms in total. The van der Waals surface area contributed by atoms with Crippen molar-refractivity contribution in [3.05, 3.63) is 11.6 Å². The van der Waals surface area contributed by atoms with Gasteiger partial charge in [0.25, 0.3) is 0 Å². The number of carboxylic acid groups (broad SMARTS) is 1. The summed E-state index contributed by atoms with van der Waals surface area (Å²) in [5.41, 5.74) is 1.02. The van der Waals surface area contributed by atoms with Crippen LogP contribution in [-0.4, -0.2) is 35.1 Å². The molecule has 62 valence electrons. The zero-order chi connectivity index (χ0) is 8.43. The Hall–Kier alpha value is -0.830. The lowest BCUT2D eigenvalue weighted by molar-refractivity contribution is -0.131. The van der Waals surface area contributed by atoms with Crippen LogP contribution in [-0.2, 0) is 4.79 Å². The van der Waals surface area contributed by atoms with Crippen molar-refractivity contribution in [3.8, 4) is 0 Å². The molecule has 0 aromatic carbocycles. The fraction of sp³-hybridized carbons (Fsp3) is 0.625. The first kappa shape index (κ1) is 8.27. The number of carboxylic acids is 1. The molecule has 11 heavy (non-hydrogen) atoms. The van der Waals surface area contributed by atoms with E-state index in [0.29, 0.717) is 6.04 Å². The van der Waals surface area contributed by atoms with E-state index in [9.17, 15) is 4.79 Å². The third-order valence-corrected chi connectivity index (χ3v) is 1.87. The second-order valence-corrected chi connectivity index (χ2v) is 3.14. The first-order valence-electron chi connectivity index (χ1n) is 3.76. The van der Waals surface area contributed by atoms with Crippen LogP contribution in [0.15, 0.2) is 11.6 Å². The second kappa shape index (κ2) is 3.05. The van der Waals surface area contributed by atoms with E-state index in [0.717, 1.165) is 18.7 Å². The van der Waals surface area contributed by atoms with Crippen molar-refractivity contribution in [2.24, 2.45) is 0 Å². The van der Waals surface area contributed by atoms with Crippen molar-refractivity contribution in [2.75, 3.05) is 13.1 Å². The van der Waals surface area contributed by atoms with Gasteiger partial charge in [-0.05, 0) is 19.4 Å². The van der Waals surface area contributed by atoms with E-state index in [1.54, 1.807) is 0 Å². The van der Waals surface area contributed by atoms with Gasteiger partial charge in [-0.3, -0.25) is 4.90 Å². The molecule has 1 aliphatic rings. The smallest absolute Gasteiger partial charge is 0.328 e. The van der Waals surface area contributed by atoms with Gasteiger partial charge in [-0.25, -0.2) is 4.79 Å². The van der Waals surface area contributed by atoms with Gasteiger partial charge < -0.3 is 5.11 Å². The van der Waals surface area contributed by atoms with E-state index in [-0.39, 0.29) is 0 Å². The number of aliphatic carboxylic acids is 1. The first-order valence-corrected chi connectivity index (χ1v) is 3.76. The molecule has 0 radical (unpaired) electrons. The van der Waals surface area contributed by atoms with E-state index in [4.69, 9.17) is 5.11 Å². The van der Waals surface area contributed by atoms with Crippen LogP contribution in [0.1, 0.15) is 13.8 Å². The molecular weight excluding hydrogens is 142 g/mol. The second-order valence-electron chi connectivity index (χ2n) is 3.14. The third-order valence-electron chi connectivity index (χ3n) is 1.87. The molecule has 1 fully saturated rings. The van der Waals surface area contributed by atoms with Crippen molar-refractivity contribution in [2.45, 2.75) is 19.9 Å². The summed E-state index contributed by atoms with van der Waals surface area (Å²) >= 11 is 0. The summed E-state index contributed by atoms with van der Waals surface area (Å²) in [5, 5.41) is 8.38. The highest BCUT2D eigenvalue weighted by atomic mass is 16.4. The molecule has 0 saturated carbocycles. The van der Waals surface area contributed by atoms with Crippen LogP contribution in [0.5, 0.6) is 0 Å². The SMILES string of the molecule is CC(C)N1CC(=CC(=O)O)C1. The lowest BCUT2D eigenvalue weighted by atomic mass is 10.1. The summed E-state index contributed by atoms with van der Waals surface area (Å²) < 4.78 is 0. The first-order chi connectivity index (χ1) is 5.09. The quantitative estimate of drug-likeness (QED) is 0.597. The predicted molar refractivity (Wildman–Crippen MR) is 42.4 cm³/mol. The Bertz CT molecular complexity index is 188. The Kier molecular flexibility index (Phi) is 2.29. The Labute approximate surface area is 66.3 Å². The van der Waals surface area contributed by atoms with Gasteiger partial charge in [0.15, 0.2) is 0 Å². The Morgan fingerprint density at radius 3 is 2.55 bits per heavy atom. The summed E-state index contributed by atoms with van der Waals surface area (Å²) in [6, 6.07) is 0.529. The molecule has 0 spiro atoms. The normalized spacial score (nSPS) is 18.3. The molecule has 0 unspecified atom stereocenters. The minimum Gasteiger partial charge on any atom is -0.478 e. The van der Waals surface area contributed by atoms with Gasteiger partial charge in [-0.2, -0.15) is 0 Å². The van der Waals surface area contributed by atoms with Crippen molar-refractivity contribution in [1.82, 2.24) is 4.90 Å². The van der Waals surface area contributed by atoms with Gasteiger partial charge in [0.05, 0.1) is 0 Å². The van der Waals surface area contributed by atoms with Crippen molar-refractivity contribution in [3.63, 3.8) is 0 Å². The third kappa shape index (κ3) is 2.05. The lowest BCUT2D eigenvalue weighted by Crippen LogP contribution is -2.44. The minimum absolute atomic E-state index is 0.529. The maximum atomic E-state index is 10.2. The van der Waals surface area contributed by atoms with Crippen LogP contribution in [0.4, 0.5) is 0 Å². The molecule has 0 bridgehead atoms. The molecule has 0 aromatic rings. The van der Waals surface area contributed by atoms with Gasteiger partial charge in [-0.1, -0.05) is 0 Å². The highest BCUT2D eigenvalue weighted by Gasteiger charge is 2.22. The summed E-state index contributed by atoms with van der Waals surface area (Å²) in [6.45, 7) is 5.86. The number of nitrogens with zero attached hydrogens (tertiary/aromatic N) is 1. The van der Waals surface area contributed by atoms with E-state index >= 15 is 0 Å². The monoisotopic (exact) mass is 155 g/mol. The molecule has 0 atom stereocenters. The molecule has 0 aromatic heterocycles. The zero-order valence-electron chi connectivity index (χ0n) is 6.87. The van der Waals surface area contributed by atoms with Crippen LogP contribution in [0.2, 0.25) is 0 Å². The Morgan fingerprint density at radius 2 is 2.18 bits per heavy atom. The van der Waals surface area contributed by atoms with E-state index < -0.39 is 5.97 Å². The lowest BCUT2D eigenvalue weighted by Gasteiger charge is -2.36. The van der Waals surface area contributed by atoms with Crippen molar-refractivity contribution in [1.29, 1.82) is 0 Å². The van der Waals surface area contributed by atoms with E-state index in [2.05, 4.69) is 18.7 Å². The number of hydrogen-bond acceptors (Lipinski definition) is 2. The van der Waals surface area contributed by atoms with E-state index in [1.807, 2.05) is 0 Å². The summed E-state index contributed by atoms with van der Waals surface area (Å²) in [5.74, 6) is -0.830. The number of rotatable bonds is 2. The van der Waals surface area contributed by atoms with E-state index in [1.165, 1.54) is 6.08 Å². The molecule has 0 aliphatic carbocycles. The summed E-state index contributed by atoms with van der Waals surface area (Å²) in [7, 11) is 0. The maximum absolute atomic E-state index is 10.2. The fourth-order valence-corrected chi connectivity index (χ4v) is 1.11. The van der Waals surface area contributed by atoms with Crippen LogP contribution < -0.4 is 0 Å². The van der Waals surface area contributed by atoms with Gasteiger partial charge in [0.1, 0.15) is 0 Å². The molecule has 1 rings (SSSR count). The summed E-state index contributed by atoms with van der Waals surface area (Å²) in [4.78, 5) is 12.4. The molecule has 3 heteroatoms. The van der Waals surface area contributed by atoms with Gasteiger partial charge >= 0.3 is 5.97 Å². The average molecular weight is 155 g/mol. The zero-order valence-corrected chi connectivity index (χ0v) is 6.87. The molecule has 1 heterocycles. The predicted octanol–water partition coefficient (Wildman–Crippen LogP) is 0.721. The van der Waals surface area contributed by atoms with Crippen LogP contribution in [0.25, 0.3) is 0 Å². The van der Waals surface area contributed by atoms with Gasteiger partial charge in [0.2, 0.25) is 0 Å². The minimum atomic E-state index is -0.830. The van der Waals surface area contributed by atoms with Crippen LogP contribution in [0, 0.1) is 0 Å². The van der Waals surface area contributed by atoms with Crippen LogP contribution >= 0.6 is 0 Å². The average Bonchev–Trinajstić information content (AvgIpc) is 1.75. The fourth-order valence-electron chi connectivity index (χ4n) is 1.11. The van der Waals surface area contributed by atoms with Crippen molar-refractivity contribution < 1.29 is 9.90 Å². The summed E-state index contributed by atoms with van der Waals surface area (Å²) in [6.07, 6.45) is 1.30. The highest BCUT2D eigenvalue weighted by molar-refractivity contribution is 5.81. The van der Waals surface area contributed by atoms with Gasteiger partial charge in [0, 0.05) is 25.2 Å². The molecular formula is C8H13NO2. The number of carbonyl (C=O) groups is 1. The van der Waals surface area contributed by atoms with Crippen molar-refractivity contribution >= 4 is 5.97 Å². The van der Waals surface area contributed by atoms with Gasteiger partial charge in [-0.15, -0.1) is 0 Å². The molecule has 0 amide bonds. The largest absolute Gasteiger partial charge is 0.478 e. The maximum Gasteiger partial charge on any atom is 0.328 e.